The van der Waals surface area contributed by atoms with Gasteiger partial charge in [0.05, 0.1) is 16.8 Å². The first-order valence-corrected chi connectivity index (χ1v) is 7.86. The van der Waals surface area contributed by atoms with E-state index < -0.39 is 28.5 Å². The maximum absolute atomic E-state index is 13.6. The van der Waals surface area contributed by atoms with Crippen LogP contribution >= 0.6 is 23.2 Å². The Morgan fingerprint density at radius 1 is 1.29 bits per heavy atom. The highest BCUT2D eigenvalue weighted by atomic mass is 35.5. The molecule has 1 unspecified atom stereocenters. The van der Waals surface area contributed by atoms with Gasteiger partial charge in [-0.15, -0.1) is 23.2 Å². The molecule has 0 aromatic heterocycles. The first-order valence-electron chi connectivity index (χ1n) is 6.89. The predicted molar refractivity (Wildman–Crippen MR) is 87.1 cm³/mol. The van der Waals surface area contributed by atoms with Gasteiger partial charge in [-0.25, -0.2) is 13.6 Å². The van der Waals surface area contributed by atoms with Gasteiger partial charge in [0.1, 0.15) is 17.4 Å². The van der Waals surface area contributed by atoms with Gasteiger partial charge in [-0.05, 0) is 24.3 Å². The first kappa shape index (κ1) is 18.4. The van der Waals surface area contributed by atoms with E-state index >= 15 is 0 Å². The number of esters is 1. The predicted octanol–water partition coefficient (Wildman–Crippen LogP) is 4.31. The Hall–Kier alpha value is -1.98. The third kappa shape index (κ3) is 4.76. The van der Waals surface area contributed by atoms with Crippen LogP contribution < -0.4 is 0 Å². The van der Waals surface area contributed by atoms with E-state index in [0.717, 1.165) is 18.2 Å². The number of hydrogen-bond donors (Lipinski definition) is 0. The summed E-state index contributed by atoms with van der Waals surface area (Å²) in [4.78, 5) is 23.8. The number of hydrogen-bond acceptors (Lipinski definition) is 3. The second-order valence-corrected chi connectivity index (χ2v) is 5.67. The number of ether oxygens (including phenoxy) is 1. The maximum atomic E-state index is 13.6. The van der Waals surface area contributed by atoms with E-state index in [-0.39, 0.29) is 23.8 Å². The molecule has 0 fully saturated rings. The van der Waals surface area contributed by atoms with Crippen LogP contribution in [0.5, 0.6) is 0 Å². The normalized spacial score (nSPS) is 21.8. The van der Waals surface area contributed by atoms with E-state index in [0.29, 0.717) is 5.57 Å². The van der Waals surface area contributed by atoms with E-state index in [1.54, 1.807) is 12.2 Å². The molecule has 1 aromatic rings. The Labute approximate surface area is 147 Å². The number of Topliss-reactive ketones (excluding diaryl/α,β-unsaturated/α-hetero) is 1. The molecule has 2 rings (SSSR count). The second kappa shape index (κ2) is 8.22. The lowest BCUT2D eigenvalue weighted by atomic mass is 10.0. The Morgan fingerprint density at radius 3 is 2.75 bits per heavy atom. The summed E-state index contributed by atoms with van der Waals surface area (Å²) in [5.41, 5.74) is -0.239. The van der Waals surface area contributed by atoms with E-state index in [4.69, 9.17) is 27.9 Å². The molecule has 126 valence electrons. The molecule has 1 aliphatic rings. The van der Waals surface area contributed by atoms with Crippen molar-refractivity contribution < 1.29 is 23.1 Å². The minimum Gasteiger partial charge on any atom is -0.427 e. The van der Waals surface area contributed by atoms with Gasteiger partial charge in [-0.3, -0.25) is 4.79 Å². The van der Waals surface area contributed by atoms with Crippen LogP contribution in [0.4, 0.5) is 8.78 Å². The number of benzene rings is 1. The molecular weight excluding hydrogens is 361 g/mol. The Kier molecular flexibility index (Phi) is 6.29. The van der Waals surface area contributed by atoms with Gasteiger partial charge < -0.3 is 4.74 Å². The van der Waals surface area contributed by atoms with Crippen LogP contribution in [-0.4, -0.2) is 23.0 Å². The van der Waals surface area contributed by atoms with Gasteiger partial charge in [0, 0.05) is 12.0 Å². The summed E-state index contributed by atoms with van der Waals surface area (Å²) < 4.78 is 31.9. The Balaban J connectivity index is 2.26. The third-order valence-corrected chi connectivity index (χ3v) is 3.67. The van der Waals surface area contributed by atoms with Crippen LogP contribution in [0.25, 0.3) is 0 Å². The molecule has 0 amide bonds. The molecule has 0 radical (unpaired) electrons. The summed E-state index contributed by atoms with van der Waals surface area (Å²) in [7, 11) is 0. The van der Waals surface area contributed by atoms with Crippen LogP contribution in [0.1, 0.15) is 16.8 Å². The van der Waals surface area contributed by atoms with Crippen molar-refractivity contribution in [1.82, 2.24) is 0 Å². The van der Waals surface area contributed by atoms with Crippen molar-refractivity contribution in [1.29, 1.82) is 0 Å². The molecule has 0 saturated carbocycles. The summed E-state index contributed by atoms with van der Waals surface area (Å²) in [5.74, 6) is -3.28. The molecule has 7 heteroatoms. The van der Waals surface area contributed by atoms with E-state index in [1.807, 2.05) is 0 Å². The summed E-state index contributed by atoms with van der Waals surface area (Å²) in [6.07, 6.45) is 6.05. The molecule has 0 heterocycles. The number of halogens is 4. The van der Waals surface area contributed by atoms with Gasteiger partial charge in [0.25, 0.3) is 0 Å². The molecule has 0 aliphatic heterocycles. The standard InChI is InChI=1S/C17H12Cl2F2O3/c18-9-16(22)10-2-1-3-11(19)7-13(6-10)24-17(23)14-8-12(20)4-5-15(14)21/h1-5,7-8,11H,6,9H2/b3-1?,10-2+,13-7+. The second-order valence-electron chi connectivity index (χ2n) is 4.90. The zero-order chi connectivity index (χ0) is 17.7. The topological polar surface area (TPSA) is 43.4 Å². The van der Waals surface area contributed by atoms with Gasteiger partial charge in [0.2, 0.25) is 0 Å². The molecule has 24 heavy (non-hydrogen) atoms. The van der Waals surface area contributed by atoms with Gasteiger partial charge in [-0.2, -0.15) is 0 Å². The average Bonchev–Trinajstić information content (AvgIpc) is 2.53. The fourth-order valence-corrected chi connectivity index (χ4v) is 2.39. The number of ketones is 1. The Bertz CT molecular complexity index is 754. The smallest absolute Gasteiger partial charge is 0.346 e. The van der Waals surface area contributed by atoms with Crippen LogP contribution in [0, 0.1) is 11.6 Å². The highest BCUT2D eigenvalue weighted by Crippen LogP contribution is 2.22. The number of allylic oxidation sites excluding steroid dienone is 5. The minimum absolute atomic E-state index is 0.0399. The van der Waals surface area contributed by atoms with Crippen molar-refractivity contribution in [3.63, 3.8) is 0 Å². The highest BCUT2D eigenvalue weighted by Gasteiger charge is 2.20. The fraction of sp³-hybridized carbons (Fsp3) is 0.176. The van der Waals surface area contributed by atoms with Gasteiger partial charge in [-0.1, -0.05) is 18.2 Å². The van der Waals surface area contributed by atoms with Gasteiger partial charge in [0.15, 0.2) is 5.78 Å². The maximum Gasteiger partial charge on any atom is 0.346 e. The number of carbonyl (C=O) groups is 2. The van der Waals surface area contributed by atoms with Crippen LogP contribution in [0.3, 0.4) is 0 Å². The minimum atomic E-state index is -1.08. The number of rotatable bonds is 4. The molecule has 1 aliphatic carbocycles. The van der Waals surface area contributed by atoms with E-state index in [1.165, 1.54) is 12.2 Å². The largest absolute Gasteiger partial charge is 0.427 e. The lowest BCUT2D eigenvalue weighted by molar-refractivity contribution is -0.113. The van der Waals surface area contributed by atoms with Crippen molar-refractivity contribution in [2.24, 2.45) is 0 Å². The van der Waals surface area contributed by atoms with Gasteiger partial charge >= 0.3 is 5.97 Å². The van der Waals surface area contributed by atoms with Crippen LogP contribution in [0.2, 0.25) is 0 Å². The molecule has 1 aromatic carbocycles. The first-order chi connectivity index (χ1) is 11.4. The SMILES string of the molecule is O=C(CCl)/C1=C/C=CC(Cl)/C=C(/OC(=O)c2cc(F)ccc2F)C1. The highest BCUT2D eigenvalue weighted by molar-refractivity contribution is 6.30. The summed E-state index contributed by atoms with van der Waals surface area (Å²) in [6, 6.07) is 2.45. The summed E-state index contributed by atoms with van der Waals surface area (Å²) in [5, 5.41) is -0.589. The lowest BCUT2D eigenvalue weighted by Gasteiger charge is -2.13. The van der Waals surface area contributed by atoms with Crippen molar-refractivity contribution in [2.75, 3.05) is 5.88 Å². The Morgan fingerprint density at radius 2 is 2.04 bits per heavy atom. The molecule has 0 spiro atoms. The lowest BCUT2D eigenvalue weighted by Crippen LogP contribution is -2.13. The van der Waals surface area contributed by atoms with Crippen LogP contribution in [-0.2, 0) is 9.53 Å². The summed E-state index contributed by atoms with van der Waals surface area (Å²) in [6.45, 7) is 0. The molecule has 1 atom stereocenters. The molecule has 0 saturated heterocycles. The quantitative estimate of drug-likeness (QED) is 0.584. The van der Waals surface area contributed by atoms with Crippen molar-refractivity contribution in [3.8, 4) is 0 Å². The van der Waals surface area contributed by atoms with E-state index in [9.17, 15) is 18.4 Å². The molecule has 0 bridgehead atoms. The zero-order valence-electron chi connectivity index (χ0n) is 12.3. The van der Waals surface area contributed by atoms with Crippen molar-refractivity contribution in [3.05, 3.63) is 71.0 Å². The number of alkyl halides is 2. The molecular formula is C17H12Cl2F2O3. The fourth-order valence-electron chi connectivity index (χ4n) is 1.99. The van der Waals surface area contributed by atoms with E-state index in [2.05, 4.69) is 0 Å². The third-order valence-electron chi connectivity index (χ3n) is 3.15. The van der Waals surface area contributed by atoms with Crippen molar-refractivity contribution >= 4 is 35.0 Å². The molecule has 3 nitrogen and oxygen atoms in total. The average molecular weight is 373 g/mol. The number of carbonyl (C=O) groups excluding carboxylic acids is 2. The molecule has 0 N–H and O–H groups in total. The monoisotopic (exact) mass is 372 g/mol. The zero-order valence-corrected chi connectivity index (χ0v) is 13.8. The summed E-state index contributed by atoms with van der Waals surface area (Å²) >= 11 is 11.5. The van der Waals surface area contributed by atoms with Crippen LogP contribution in [0.15, 0.2) is 53.8 Å². The van der Waals surface area contributed by atoms with Crippen molar-refractivity contribution in [2.45, 2.75) is 11.8 Å².